The fraction of sp³-hybridized carbons (Fsp3) is 0.211. The second-order valence-corrected chi connectivity index (χ2v) is 6.49. The summed E-state index contributed by atoms with van der Waals surface area (Å²) in [6.07, 6.45) is 0.696. The predicted molar refractivity (Wildman–Crippen MR) is 103 cm³/mol. The molecule has 0 bridgehead atoms. The van der Waals surface area contributed by atoms with Gasteiger partial charge < -0.3 is 19.8 Å². The van der Waals surface area contributed by atoms with Crippen LogP contribution in [0.4, 0.5) is 6.01 Å². The molecular weight excluding hydrogens is 396 g/mol. The molecule has 0 unspecified atom stereocenters. The van der Waals surface area contributed by atoms with Crippen LogP contribution in [0.5, 0.6) is 5.75 Å². The lowest BCUT2D eigenvalue weighted by molar-refractivity contribution is -0.139. The smallest absolute Gasteiger partial charge is 0.312 e. The quantitative estimate of drug-likeness (QED) is 0.626. The van der Waals surface area contributed by atoms with E-state index in [4.69, 9.17) is 31.8 Å². The highest BCUT2D eigenvalue weighted by Gasteiger charge is 2.25. The summed E-state index contributed by atoms with van der Waals surface area (Å²) in [7, 11) is 0. The van der Waals surface area contributed by atoms with Crippen LogP contribution in [0.1, 0.15) is 24.1 Å². The number of carbonyl (C=O) groups excluding carboxylic acids is 1. The first-order valence-corrected chi connectivity index (χ1v) is 8.97. The van der Waals surface area contributed by atoms with Crippen molar-refractivity contribution in [3.8, 4) is 11.8 Å². The van der Waals surface area contributed by atoms with Gasteiger partial charge in [-0.1, -0.05) is 34.9 Å². The van der Waals surface area contributed by atoms with E-state index in [1.807, 2.05) is 6.07 Å². The lowest BCUT2D eigenvalue weighted by atomic mass is 10.2. The molecule has 1 atom stereocenters. The minimum absolute atomic E-state index is 0.0270. The van der Waals surface area contributed by atoms with E-state index in [2.05, 4.69) is 15.2 Å². The van der Waals surface area contributed by atoms with E-state index in [1.165, 1.54) is 11.1 Å². The molecule has 2 heterocycles. The third kappa shape index (κ3) is 5.21. The van der Waals surface area contributed by atoms with Crippen LogP contribution in [0, 0.1) is 11.3 Å². The van der Waals surface area contributed by atoms with Crippen molar-refractivity contribution in [1.82, 2.24) is 20.1 Å². The fourth-order valence-corrected chi connectivity index (χ4v) is 2.73. The fourth-order valence-electron chi connectivity index (χ4n) is 2.55. The van der Waals surface area contributed by atoms with Crippen LogP contribution in [-0.4, -0.2) is 32.1 Å². The van der Waals surface area contributed by atoms with Gasteiger partial charge in [-0.05, 0) is 30.7 Å². The number of carbonyl (C=O) groups is 1. The molecule has 10 heteroatoms. The van der Waals surface area contributed by atoms with Crippen LogP contribution in [0.3, 0.4) is 0 Å². The van der Waals surface area contributed by atoms with Crippen LogP contribution in [0.15, 0.2) is 47.0 Å². The van der Waals surface area contributed by atoms with Gasteiger partial charge in [-0.2, -0.15) is 5.26 Å². The molecule has 0 radical (unpaired) electrons. The first-order chi connectivity index (χ1) is 14.0. The molecule has 29 heavy (non-hydrogen) atoms. The van der Waals surface area contributed by atoms with Crippen LogP contribution < -0.4 is 10.5 Å². The highest BCUT2D eigenvalue weighted by Crippen LogP contribution is 2.25. The highest BCUT2D eigenvalue weighted by atomic mass is 35.5. The van der Waals surface area contributed by atoms with Gasteiger partial charge in [0.15, 0.2) is 6.10 Å². The molecule has 2 N–H and O–H groups in total. The summed E-state index contributed by atoms with van der Waals surface area (Å²) < 4.78 is 10.9. The normalized spacial score (nSPS) is 11.5. The molecule has 9 nitrogen and oxygen atoms in total. The van der Waals surface area contributed by atoms with Gasteiger partial charge in [0.05, 0.1) is 11.6 Å². The molecule has 2 aromatic heterocycles. The van der Waals surface area contributed by atoms with Crippen molar-refractivity contribution in [3.63, 3.8) is 0 Å². The molecule has 148 valence electrons. The van der Waals surface area contributed by atoms with Gasteiger partial charge >= 0.3 is 6.01 Å². The van der Waals surface area contributed by atoms with Crippen molar-refractivity contribution in [2.24, 2.45) is 0 Å². The molecule has 0 saturated carbocycles. The number of nitrogens with two attached hydrogens (primary N) is 1. The number of aromatic nitrogens is 3. The summed E-state index contributed by atoms with van der Waals surface area (Å²) in [6.45, 7) is 1.84. The Morgan fingerprint density at radius 1 is 1.31 bits per heavy atom. The number of ether oxygens (including phenoxy) is 1. The van der Waals surface area contributed by atoms with Crippen molar-refractivity contribution >= 4 is 23.5 Å². The number of para-hydroxylation sites is 1. The molecule has 0 saturated heterocycles. The largest absolute Gasteiger partial charge is 0.479 e. The lowest BCUT2D eigenvalue weighted by Crippen LogP contribution is -2.39. The van der Waals surface area contributed by atoms with Crippen molar-refractivity contribution in [3.05, 3.63) is 64.8 Å². The Bertz CT molecular complexity index is 1030. The molecular formula is C19H17ClN6O3. The van der Waals surface area contributed by atoms with Crippen LogP contribution in [0.2, 0.25) is 5.02 Å². The van der Waals surface area contributed by atoms with E-state index >= 15 is 0 Å². The Labute approximate surface area is 171 Å². The predicted octanol–water partition coefficient (Wildman–Crippen LogP) is 2.57. The van der Waals surface area contributed by atoms with Gasteiger partial charge in [0, 0.05) is 12.7 Å². The Balaban J connectivity index is 1.79. The molecule has 1 aromatic carbocycles. The topological polar surface area (TPSA) is 131 Å². The van der Waals surface area contributed by atoms with E-state index in [0.717, 1.165) is 5.56 Å². The standard InChI is InChI=1S/C19H17ClN6O3/c1-12(28-16-5-3-2-4-15(16)20)18(27)26(11-17-24-25-19(22)29-17)10-13-6-7-14(8-21)23-9-13/h2-7,9,12H,10-11H2,1H3,(H2,22,25)/t12-/m0/s1. The monoisotopic (exact) mass is 412 g/mol. The highest BCUT2D eigenvalue weighted by molar-refractivity contribution is 6.32. The number of nitrogens with zero attached hydrogens (tertiary/aromatic N) is 5. The third-order valence-electron chi connectivity index (χ3n) is 3.92. The molecule has 0 aliphatic rings. The molecule has 1 amide bonds. The summed E-state index contributed by atoms with van der Waals surface area (Å²) in [5, 5.41) is 16.7. The number of anilines is 1. The van der Waals surface area contributed by atoms with E-state index in [1.54, 1.807) is 43.3 Å². The van der Waals surface area contributed by atoms with E-state index in [0.29, 0.717) is 10.8 Å². The number of rotatable bonds is 7. The first kappa shape index (κ1) is 20.1. The molecule has 0 spiro atoms. The second-order valence-electron chi connectivity index (χ2n) is 6.08. The summed E-state index contributed by atoms with van der Waals surface area (Å²) in [6, 6.07) is 12.0. The zero-order valence-electron chi connectivity index (χ0n) is 15.4. The van der Waals surface area contributed by atoms with Crippen molar-refractivity contribution < 1.29 is 13.9 Å². The number of nitriles is 1. The summed E-state index contributed by atoms with van der Waals surface area (Å²) >= 11 is 6.11. The summed E-state index contributed by atoms with van der Waals surface area (Å²) in [5.74, 6) is 0.255. The van der Waals surface area contributed by atoms with Gasteiger partial charge in [-0.15, -0.1) is 5.10 Å². The van der Waals surface area contributed by atoms with Gasteiger partial charge in [-0.25, -0.2) is 4.98 Å². The van der Waals surface area contributed by atoms with Crippen molar-refractivity contribution in [1.29, 1.82) is 5.26 Å². The van der Waals surface area contributed by atoms with E-state index in [-0.39, 0.29) is 36.6 Å². The summed E-state index contributed by atoms with van der Waals surface area (Å²) in [4.78, 5) is 18.6. The molecule has 3 aromatic rings. The zero-order chi connectivity index (χ0) is 20.8. The van der Waals surface area contributed by atoms with E-state index in [9.17, 15) is 4.79 Å². The second kappa shape index (κ2) is 9.03. The first-order valence-electron chi connectivity index (χ1n) is 8.59. The third-order valence-corrected chi connectivity index (χ3v) is 4.23. The maximum atomic E-state index is 13.1. The number of halogens is 1. The number of amides is 1. The lowest BCUT2D eigenvalue weighted by Gasteiger charge is -2.25. The molecule has 0 aliphatic heterocycles. The van der Waals surface area contributed by atoms with Crippen LogP contribution in [0.25, 0.3) is 0 Å². The Morgan fingerprint density at radius 3 is 2.72 bits per heavy atom. The Hall–Kier alpha value is -3.64. The Morgan fingerprint density at radius 2 is 2.10 bits per heavy atom. The number of hydrogen-bond donors (Lipinski definition) is 1. The summed E-state index contributed by atoms with van der Waals surface area (Å²) in [5.41, 5.74) is 6.47. The van der Waals surface area contributed by atoms with Crippen LogP contribution >= 0.6 is 11.6 Å². The number of hydrogen-bond acceptors (Lipinski definition) is 8. The van der Waals surface area contributed by atoms with Gasteiger partial charge in [-0.3, -0.25) is 4.79 Å². The van der Waals surface area contributed by atoms with Gasteiger partial charge in [0.25, 0.3) is 5.91 Å². The average molecular weight is 413 g/mol. The van der Waals surface area contributed by atoms with E-state index < -0.39 is 6.10 Å². The van der Waals surface area contributed by atoms with Crippen LogP contribution in [-0.2, 0) is 17.9 Å². The molecule has 0 fully saturated rings. The number of pyridine rings is 1. The number of benzene rings is 1. The molecule has 0 aliphatic carbocycles. The average Bonchev–Trinajstić information content (AvgIpc) is 3.14. The SMILES string of the molecule is C[C@H](Oc1ccccc1Cl)C(=O)N(Cc1ccc(C#N)nc1)Cc1nnc(N)o1. The molecule has 3 rings (SSSR count). The van der Waals surface area contributed by atoms with Crippen molar-refractivity contribution in [2.75, 3.05) is 5.73 Å². The maximum absolute atomic E-state index is 13.1. The van der Waals surface area contributed by atoms with Gasteiger partial charge in [0.1, 0.15) is 17.5 Å². The number of nitrogen functional groups attached to an aromatic ring is 1. The maximum Gasteiger partial charge on any atom is 0.312 e. The minimum Gasteiger partial charge on any atom is -0.479 e. The minimum atomic E-state index is -0.832. The van der Waals surface area contributed by atoms with Crippen molar-refractivity contribution in [2.45, 2.75) is 26.1 Å². The zero-order valence-corrected chi connectivity index (χ0v) is 16.2. The Kier molecular flexibility index (Phi) is 6.26. The van der Waals surface area contributed by atoms with Gasteiger partial charge in [0.2, 0.25) is 5.89 Å².